The van der Waals surface area contributed by atoms with Crippen molar-refractivity contribution in [3.05, 3.63) is 0 Å². The molecule has 0 saturated carbocycles. The number of hydrogen-bond acceptors (Lipinski definition) is 0. The molecular formula is C12H27B. The molecule has 0 aliphatic carbocycles. The molecule has 0 aliphatic rings. The maximum atomic E-state index is 2.41. The van der Waals surface area contributed by atoms with Crippen LogP contribution < -0.4 is 0 Å². The van der Waals surface area contributed by atoms with Gasteiger partial charge in [0.2, 0.25) is 0 Å². The van der Waals surface area contributed by atoms with Crippen molar-refractivity contribution >= 4 is 7.28 Å². The molecule has 0 aromatic heterocycles. The van der Waals surface area contributed by atoms with Gasteiger partial charge in [0, 0.05) is 0 Å². The third kappa shape index (κ3) is 6.18. The van der Waals surface area contributed by atoms with E-state index in [0.717, 1.165) is 5.82 Å². The fourth-order valence-electron chi connectivity index (χ4n) is 2.09. The summed E-state index contributed by atoms with van der Waals surface area (Å²) in [5.41, 5.74) is 0. The van der Waals surface area contributed by atoms with E-state index >= 15 is 0 Å². The predicted octanol–water partition coefficient (Wildman–Crippen LogP) is 4.42. The molecule has 78 valence electrons. The van der Waals surface area contributed by atoms with E-state index < -0.39 is 0 Å². The average molecular weight is 182 g/mol. The SMILES string of the molecule is CCCC(BC(C)(C)CC)CCC. The Morgan fingerprint density at radius 3 is 1.77 bits per heavy atom. The summed E-state index contributed by atoms with van der Waals surface area (Å²) in [7, 11) is 1.42. The summed E-state index contributed by atoms with van der Waals surface area (Å²) in [6, 6.07) is 0. The lowest BCUT2D eigenvalue weighted by molar-refractivity contribution is 0.588. The molecule has 0 spiro atoms. The van der Waals surface area contributed by atoms with E-state index in [0.29, 0.717) is 5.31 Å². The van der Waals surface area contributed by atoms with Crippen molar-refractivity contribution < 1.29 is 0 Å². The van der Waals surface area contributed by atoms with Gasteiger partial charge in [0.25, 0.3) is 0 Å². The van der Waals surface area contributed by atoms with E-state index in [1.807, 2.05) is 0 Å². The summed E-state index contributed by atoms with van der Waals surface area (Å²) in [6.45, 7) is 11.7. The summed E-state index contributed by atoms with van der Waals surface area (Å²) >= 11 is 0. The summed E-state index contributed by atoms with van der Waals surface area (Å²) < 4.78 is 0. The molecule has 0 bridgehead atoms. The molecular weight excluding hydrogens is 155 g/mol. The first-order valence-electron chi connectivity index (χ1n) is 6.05. The molecule has 13 heavy (non-hydrogen) atoms. The smallest absolute Gasteiger partial charge is 0.0668 e. The van der Waals surface area contributed by atoms with Crippen molar-refractivity contribution in [1.82, 2.24) is 0 Å². The van der Waals surface area contributed by atoms with E-state index in [2.05, 4.69) is 34.6 Å². The highest BCUT2D eigenvalue weighted by Gasteiger charge is 2.22. The van der Waals surface area contributed by atoms with Gasteiger partial charge in [-0.3, -0.25) is 0 Å². The minimum absolute atomic E-state index is 0.564. The molecule has 0 heterocycles. The Hall–Kier alpha value is 0.0649. The fraction of sp³-hybridized carbons (Fsp3) is 1.00. The normalized spacial score (nSPS) is 12.2. The largest absolute Gasteiger partial charge is 0.130 e. The molecule has 1 heteroatoms. The third-order valence-corrected chi connectivity index (χ3v) is 3.19. The van der Waals surface area contributed by atoms with Gasteiger partial charge in [-0.25, -0.2) is 0 Å². The van der Waals surface area contributed by atoms with Crippen LogP contribution in [0.4, 0.5) is 0 Å². The highest BCUT2D eigenvalue weighted by Crippen LogP contribution is 2.34. The monoisotopic (exact) mass is 182 g/mol. The van der Waals surface area contributed by atoms with Crippen LogP contribution in [0.25, 0.3) is 0 Å². The topological polar surface area (TPSA) is 0 Å². The van der Waals surface area contributed by atoms with Crippen molar-refractivity contribution in [2.75, 3.05) is 0 Å². The zero-order chi connectivity index (χ0) is 10.3. The Kier molecular flexibility index (Phi) is 6.54. The van der Waals surface area contributed by atoms with Gasteiger partial charge in [-0.05, 0) is 0 Å². The Labute approximate surface area is 85.7 Å². The van der Waals surface area contributed by atoms with Crippen molar-refractivity contribution in [1.29, 1.82) is 0 Å². The summed E-state index contributed by atoms with van der Waals surface area (Å²) in [4.78, 5) is 0. The fourth-order valence-corrected chi connectivity index (χ4v) is 2.09. The second kappa shape index (κ2) is 6.51. The highest BCUT2D eigenvalue weighted by molar-refractivity contribution is 6.41. The zero-order valence-electron chi connectivity index (χ0n) is 10.3. The van der Waals surface area contributed by atoms with Crippen LogP contribution in [0.15, 0.2) is 0 Å². The van der Waals surface area contributed by atoms with E-state index in [1.165, 1.54) is 39.4 Å². The van der Waals surface area contributed by atoms with Gasteiger partial charge in [-0.2, -0.15) is 0 Å². The van der Waals surface area contributed by atoms with Crippen LogP contribution >= 0.6 is 0 Å². The zero-order valence-corrected chi connectivity index (χ0v) is 10.3. The molecule has 0 nitrogen and oxygen atoms in total. The second-order valence-corrected chi connectivity index (χ2v) is 5.17. The molecule has 0 unspecified atom stereocenters. The molecule has 0 aromatic carbocycles. The minimum Gasteiger partial charge on any atom is -0.0668 e. The van der Waals surface area contributed by atoms with Crippen molar-refractivity contribution in [2.24, 2.45) is 0 Å². The molecule has 0 atom stereocenters. The number of hydrogen-bond donors (Lipinski definition) is 0. The predicted molar refractivity (Wildman–Crippen MR) is 65.0 cm³/mol. The van der Waals surface area contributed by atoms with Crippen LogP contribution in [0.2, 0.25) is 11.1 Å². The summed E-state index contributed by atoms with van der Waals surface area (Å²) in [5, 5.41) is 0.564. The molecule has 0 amide bonds. The maximum Gasteiger partial charge on any atom is 0.130 e. The Morgan fingerprint density at radius 2 is 1.46 bits per heavy atom. The molecule has 0 saturated heterocycles. The molecule has 0 rings (SSSR count). The average Bonchev–Trinajstić information content (AvgIpc) is 2.05. The van der Waals surface area contributed by atoms with Crippen molar-refractivity contribution in [3.63, 3.8) is 0 Å². The van der Waals surface area contributed by atoms with E-state index in [1.54, 1.807) is 0 Å². The first kappa shape index (κ1) is 13.1. The molecule has 0 fully saturated rings. The van der Waals surface area contributed by atoms with E-state index in [4.69, 9.17) is 0 Å². The van der Waals surface area contributed by atoms with Crippen LogP contribution in [-0.2, 0) is 0 Å². The van der Waals surface area contributed by atoms with Gasteiger partial charge in [0.15, 0.2) is 0 Å². The standard InChI is InChI=1S/C12H27B/c1-6-9-11(10-7-2)13-12(4,5)8-3/h11,13H,6-10H2,1-5H3. The number of rotatable bonds is 7. The lowest BCUT2D eigenvalue weighted by atomic mass is 9.44. The third-order valence-electron chi connectivity index (χ3n) is 3.19. The van der Waals surface area contributed by atoms with Gasteiger partial charge in [-0.15, -0.1) is 0 Å². The lowest BCUT2D eigenvalue weighted by Crippen LogP contribution is -2.17. The Balaban J connectivity index is 3.92. The minimum atomic E-state index is 0.564. The quantitative estimate of drug-likeness (QED) is 0.511. The van der Waals surface area contributed by atoms with E-state index in [-0.39, 0.29) is 0 Å². The van der Waals surface area contributed by atoms with Crippen molar-refractivity contribution in [3.8, 4) is 0 Å². The van der Waals surface area contributed by atoms with Crippen LogP contribution in [0.5, 0.6) is 0 Å². The summed E-state index contributed by atoms with van der Waals surface area (Å²) in [6.07, 6.45) is 6.88. The molecule has 0 N–H and O–H groups in total. The molecule has 0 aromatic rings. The molecule has 0 aliphatic heterocycles. The van der Waals surface area contributed by atoms with Crippen LogP contribution in [0.1, 0.15) is 66.7 Å². The highest BCUT2D eigenvalue weighted by atomic mass is 14.1. The van der Waals surface area contributed by atoms with E-state index in [9.17, 15) is 0 Å². The van der Waals surface area contributed by atoms with Crippen molar-refractivity contribution in [2.45, 2.75) is 77.9 Å². The maximum absolute atomic E-state index is 2.41. The lowest BCUT2D eigenvalue weighted by Gasteiger charge is -2.26. The van der Waals surface area contributed by atoms with Crippen LogP contribution in [-0.4, -0.2) is 7.28 Å². The van der Waals surface area contributed by atoms with Gasteiger partial charge >= 0.3 is 0 Å². The van der Waals surface area contributed by atoms with Gasteiger partial charge in [0.05, 0.1) is 0 Å². The first-order valence-corrected chi connectivity index (χ1v) is 6.05. The van der Waals surface area contributed by atoms with Crippen LogP contribution in [0, 0.1) is 0 Å². The second-order valence-electron chi connectivity index (χ2n) is 5.17. The first-order chi connectivity index (χ1) is 6.05. The summed E-state index contributed by atoms with van der Waals surface area (Å²) in [5.74, 6) is 0.977. The van der Waals surface area contributed by atoms with Gasteiger partial charge < -0.3 is 0 Å². The van der Waals surface area contributed by atoms with Gasteiger partial charge in [-0.1, -0.05) is 77.9 Å². The Morgan fingerprint density at radius 1 is 1.00 bits per heavy atom. The van der Waals surface area contributed by atoms with Gasteiger partial charge in [0.1, 0.15) is 7.28 Å². The van der Waals surface area contributed by atoms with Crippen LogP contribution in [0.3, 0.4) is 0 Å². The molecule has 0 radical (unpaired) electrons. The Bertz CT molecular complexity index is 112.